The summed E-state index contributed by atoms with van der Waals surface area (Å²) in [6.45, 7) is 4.97. The van der Waals surface area contributed by atoms with E-state index in [1.165, 1.54) is 24.8 Å². The van der Waals surface area contributed by atoms with Gasteiger partial charge >= 0.3 is 0 Å². The lowest BCUT2D eigenvalue weighted by atomic mass is 9.97. The molecule has 0 radical (unpaired) electrons. The van der Waals surface area contributed by atoms with Crippen molar-refractivity contribution in [3.05, 3.63) is 17.1 Å². The first kappa shape index (κ1) is 14.1. The van der Waals surface area contributed by atoms with Crippen LogP contribution in [-0.2, 0) is 11.2 Å². The number of hydrogen-bond donors (Lipinski definition) is 1. The van der Waals surface area contributed by atoms with Gasteiger partial charge in [-0.15, -0.1) is 0 Å². The second-order valence-corrected chi connectivity index (χ2v) is 6.96. The van der Waals surface area contributed by atoms with Crippen LogP contribution < -0.4 is 10.2 Å². The van der Waals surface area contributed by atoms with E-state index in [-0.39, 0.29) is 5.91 Å². The van der Waals surface area contributed by atoms with Crippen molar-refractivity contribution in [1.29, 1.82) is 0 Å². The molecule has 22 heavy (non-hydrogen) atoms. The Bertz CT molecular complexity index is 591. The van der Waals surface area contributed by atoms with Crippen molar-refractivity contribution in [3.8, 4) is 0 Å². The molecule has 5 heteroatoms. The first-order valence-electron chi connectivity index (χ1n) is 8.61. The first-order valence-corrected chi connectivity index (χ1v) is 8.61. The summed E-state index contributed by atoms with van der Waals surface area (Å²) in [5, 5.41) is 3.43. The van der Waals surface area contributed by atoms with Gasteiger partial charge in [-0.05, 0) is 51.5 Å². The number of piperidine rings is 1. The van der Waals surface area contributed by atoms with Crippen LogP contribution in [0.5, 0.6) is 0 Å². The van der Waals surface area contributed by atoms with E-state index in [0.717, 1.165) is 49.8 Å². The van der Waals surface area contributed by atoms with Gasteiger partial charge < -0.3 is 5.32 Å². The molecular formula is C17H24N4O. The van der Waals surface area contributed by atoms with E-state index in [9.17, 15) is 4.79 Å². The molecule has 4 rings (SSSR count). The summed E-state index contributed by atoms with van der Waals surface area (Å²) in [5.41, 5.74) is 2.26. The van der Waals surface area contributed by atoms with Gasteiger partial charge in [-0.2, -0.15) is 0 Å². The minimum absolute atomic E-state index is 0.241. The number of rotatable bonds is 3. The summed E-state index contributed by atoms with van der Waals surface area (Å²) in [5.74, 6) is 3.16. The molecule has 1 atom stereocenters. The summed E-state index contributed by atoms with van der Waals surface area (Å²) in [6.07, 6.45) is 6.22. The molecule has 1 aromatic heterocycles. The van der Waals surface area contributed by atoms with Crippen LogP contribution in [0.1, 0.15) is 55.1 Å². The van der Waals surface area contributed by atoms with Gasteiger partial charge in [-0.3, -0.25) is 9.69 Å². The molecule has 0 spiro atoms. The minimum atomic E-state index is 0.241. The lowest BCUT2D eigenvalue weighted by Crippen LogP contribution is -2.39. The average molecular weight is 300 g/mol. The number of aryl methyl sites for hydroxylation is 1. The van der Waals surface area contributed by atoms with Crippen molar-refractivity contribution in [1.82, 2.24) is 15.3 Å². The molecule has 118 valence electrons. The van der Waals surface area contributed by atoms with E-state index < -0.39 is 0 Å². The molecule has 1 amide bonds. The van der Waals surface area contributed by atoms with Crippen molar-refractivity contribution in [2.75, 3.05) is 24.5 Å². The van der Waals surface area contributed by atoms with Crippen LogP contribution in [0.2, 0.25) is 0 Å². The zero-order valence-electron chi connectivity index (χ0n) is 13.3. The SMILES string of the molecule is Cc1nc(C2CCCNC2)nc2c1CCC(=O)N2CC1CC1. The fraction of sp³-hybridized carbons (Fsp3) is 0.706. The summed E-state index contributed by atoms with van der Waals surface area (Å²) in [7, 11) is 0. The van der Waals surface area contributed by atoms with Gasteiger partial charge in [-0.25, -0.2) is 9.97 Å². The van der Waals surface area contributed by atoms with Crippen LogP contribution >= 0.6 is 0 Å². The Kier molecular flexibility index (Phi) is 3.60. The third kappa shape index (κ3) is 2.62. The Morgan fingerprint density at radius 3 is 2.82 bits per heavy atom. The van der Waals surface area contributed by atoms with Crippen molar-refractivity contribution >= 4 is 11.7 Å². The number of carbonyl (C=O) groups is 1. The van der Waals surface area contributed by atoms with E-state index in [1.807, 2.05) is 4.90 Å². The number of hydrogen-bond acceptors (Lipinski definition) is 4. The standard InChI is InChI=1S/C17H24N4O/c1-11-14-6-7-15(22)21(10-12-4-5-12)17(14)20-16(19-11)13-3-2-8-18-9-13/h12-13,18H,2-10H2,1H3. The normalized spacial score (nSPS) is 25.2. The Morgan fingerprint density at radius 2 is 2.09 bits per heavy atom. The highest BCUT2D eigenvalue weighted by molar-refractivity contribution is 5.95. The van der Waals surface area contributed by atoms with Crippen LogP contribution in [0.25, 0.3) is 0 Å². The third-order valence-corrected chi connectivity index (χ3v) is 5.15. The van der Waals surface area contributed by atoms with E-state index >= 15 is 0 Å². The van der Waals surface area contributed by atoms with Crippen LogP contribution in [-0.4, -0.2) is 35.5 Å². The molecule has 3 aliphatic rings. The van der Waals surface area contributed by atoms with Crippen molar-refractivity contribution in [2.45, 2.75) is 51.4 Å². The number of aromatic nitrogens is 2. The molecule has 5 nitrogen and oxygen atoms in total. The first-order chi connectivity index (χ1) is 10.7. The Hall–Kier alpha value is -1.49. The minimum Gasteiger partial charge on any atom is -0.316 e. The predicted molar refractivity (Wildman–Crippen MR) is 85.0 cm³/mol. The quantitative estimate of drug-likeness (QED) is 0.927. The summed E-state index contributed by atoms with van der Waals surface area (Å²) >= 11 is 0. The molecule has 0 bridgehead atoms. The predicted octanol–water partition coefficient (Wildman–Crippen LogP) is 1.94. The number of anilines is 1. The summed E-state index contributed by atoms with van der Waals surface area (Å²) in [4.78, 5) is 24.0. The molecule has 1 aliphatic carbocycles. The van der Waals surface area contributed by atoms with Gasteiger partial charge in [-0.1, -0.05) is 0 Å². The van der Waals surface area contributed by atoms with Gasteiger partial charge in [0.15, 0.2) is 0 Å². The van der Waals surface area contributed by atoms with Gasteiger partial charge in [0, 0.05) is 36.7 Å². The number of nitrogens with zero attached hydrogens (tertiary/aromatic N) is 3. The monoisotopic (exact) mass is 300 g/mol. The van der Waals surface area contributed by atoms with Crippen LogP contribution in [0.4, 0.5) is 5.82 Å². The van der Waals surface area contributed by atoms with Gasteiger partial charge in [0.25, 0.3) is 0 Å². The van der Waals surface area contributed by atoms with E-state index in [2.05, 4.69) is 12.2 Å². The second kappa shape index (κ2) is 5.61. The molecule has 0 aromatic carbocycles. The smallest absolute Gasteiger partial charge is 0.228 e. The number of amides is 1. The number of carbonyl (C=O) groups excluding carboxylic acids is 1. The zero-order chi connectivity index (χ0) is 15.1. The molecule has 1 saturated heterocycles. The fourth-order valence-corrected chi connectivity index (χ4v) is 3.60. The Balaban J connectivity index is 1.69. The molecule has 1 aromatic rings. The Morgan fingerprint density at radius 1 is 1.23 bits per heavy atom. The molecule has 2 aliphatic heterocycles. The maximum Gasteiger partial charge on any atom is 0.228 e. The lowest BCUT2D eigenvalue weighted by Gasteiger charge is -2.31. The maximum atomic E-state index is 12.4. The number of fused-ring (bicyclic) bond motifs is 1. The number of nitrogens with one attached hydrogen (secondary N) is 1. The molecule has 2 fully saturated rings. The highest BCUT2D eigenvalue weighted by Gasteiger charge is 2.33. The zero-order valence-corrected chi connectivity index (χ0v) is 13.3. The van der Waals surface area contributed by atoms with Gasteiger partial charge in [0.1, 0.15) is 11.6 Å². The molecule has 3 heterocycles. The molecule has 1 saturated carbocycles. The third-order valence-electron chi connectivity index (χ3n) is 5.15. The highest BCUT2D eigenvalue weighted by atomic mass is 16.2. The molecule has 1 unspecified atom stereocenters. The van der Waals surface area contributed by atoms with Gasteiger partial charge in [0.05, 0.1) is 0 Å². The van der Waals surface area contributed by atoms with Crippen LogP contribution in [0.3, 0.4) is 0 Å². The van der Waals surface area contributed by atoms with E-state index in [1.54, 1.807) is 0 Å². The largest absolute Gasteiger partial charge is 0.316 e. The van der Waals surface area contributed by atoms with Crippen LogP contribution in [0.15, 0.2) is 0 Å². The van der Waals surface area contributed by atoms with E-state index in [0.29, 0.717) is 18.3 Å². The van der Waals surface area contributed by atoms with Crippen molar-refractivity contribution in [3.63, 3.8) is 0 Å². The molecular weight excluding hydrogens is 276 g/mol. The van der Waals surface area contributed by atoms with Crippen LogP contribution in [0, 0.1) is 12.8 Å². The topological polar surface area (TPSA) is 58.1 Å². The fourth-order valence-electron chi connectivity index (χ4n) is 3.60. The summed E-state index contributed by atoms with van der Waals surface area (Å²) in [6, 6.07) is 0. The average Bonchev–Trinajstić information content (AvgIpc) is 3.35. The van der Waals surface area contributed by atoms with Crippen molar-refractivity contribution in [2.24, 2.45) is 5.92 Å². The highest BCUT2D eigenvalue weighted by Crippen LogP contribution is 2.35. The lowest BCUT2D eigenvalue weighted by molar-refractivity contribution is -0.119. The van der Waals surface area contributed by atoms with Crippen molar-refractivity contribution < 1.29 is 4.79 Å². The summed E-state index contributed by atoms with van der Waals surface area (Å²) < 4.78 is 0. The molecule has 1 N–H and O–H groups in total. The Labute approximate surface area is 131 Å². The second-order valence-electron chi connectivity index (χ2n) is 6.96. The van der Waals surface area contributed by atoms with Gasteiger partial charge in [0.2, 0.25) is 5.91 Å². The van der Waals surface area contributed by atoms with E-state index in [4.69, 9.17) is 9.97 Å². The maximum absolute atomic E-state index is 12.4.